The summed E-state index contributed by atoms with van der Waals surface area (Å²) in [6.07, 6.45) is 1.74. The van der Waals surface area contributed by atoms with Gasteiger partial charge in [0.1, 0.15) is 0 Å². The van der Waals surface area contributed by atoms with Crippen molar-refractivity contribution in [1.29, 1.82) is 0 Å². The lowest BCUT2D eigenvalue weighted by Crippen LogP contribution is -2.38. The van der Waals surface area contributed by atoms with Crippen LogP contribution >= 0.6 is 0 Å². The Balaban J connectivity index is 1.96. The lowest BCUT2D eigenvalue weighted by molar-refractivity contribution is 0.322. The van der Waals surface area contributed by atoms with Crippen molar-refractivity contribution < 1.29 is 4.74 Å². The first kappa shape index (κ1) is 16.8. The lowest BCUT2D eigenvalue weighted by Gasteiger charge is -2.18. The van der Waals surface area contributed by atoms with Crippen molar-refractivity contribution in [1.82, 2.24) is 15.6 Å². The van der Waals surface area contributed by atoms with Gasteiger partial charge in [-0.2, -0.15) is 0 Å². The van der Waals surface area contributed by atoms with Crippen molar-refractivity contribution in [2.45, 2.75) is 26.4 Å². The number of benzene rings is 1. The van der Waals surface area contributed by atoms with Crippen LogP contribution in [0.25, 0.3) is 0 Å². The summed E-state index contributed by atoms with van der Waals surface area (Å²) in [7, 11) is 1.76. The number of rotatable bonds is 6. The molecular formula is C18H24N4O. The number of hydrogen-bond acceptors (Lipinski definition) is 3. The highest BCUT2D eigenvalue weighted by molar-refractivity contribution is 5.80. The Bertz CT molecular complexity index is 628. The van der Waals surface area contributed by atoms with Crippen molar-refractivity contribution in [2.75, 3.05) is 13.7 Å². The Kier molecular flexibility index (Phi) is 6.41. The summed E-state index contributed by atoms with van der Waals surface area (Å²) in [6.45, 7) is 5.26. The molecule has 1 aromatic carbocycles. The first-order valence-corrected chi connectivity index (χ1v) is 7.83. The molecule has 0 aliphatic carbocycles. The number of nitrogens with one attached hydrogen (secondary N) is 2. The first-order valence-electron chi connectivity index (χ1n) is 7.83. The first-order chi connectivity index (χ1) is 11.2. The van der Waals surface area contributed by atoms with E-state index in [0.717, 1.165) is 11.5 Å². The van der Waals surface area contributed by atoms with Gasteiger partial charge in [0.25, 0.3) is 0 Å². The van der Waals surface area contributed by atoms with Gasteiger partial charge in [0.2, 0.25) is 5.88 Å². The van der Waals surface area contributed by atoms with Crippen LogP contribution < -0.4 is 15.4 Å². The molecule has 2 N–H and O–H groups in total. The van der Waals surface area contributed by atoms with E-state index in [4.69, 9.17) is 4.74 Å². The largest absolute Gasteiger partial charge is 0.478 e. The van der Waals surface area contributed by atoms with E-state index >= 15 is 0 Å². The number of aliphatic imine (C=N–C) groups is 1. The quantitative estimate of drug-likeness (QED) is 0.636. The van der Waals surface area contributed by atoms with Crippen molar-refractivity contribution in [2.24, 2.45) is 4.99 Å². The maximum Gasteiger partial charge on any atom is 0.218 e. The molecular weight excluding hydrogens is 288 g/mol. The van der Waals surface area contributed by atoms with E-state index in [9.17, 15) is 0 Å². The fraction of sp³-hybridized carbons (Fsp3) is 0.333. The van der Waals surface area contributed by atoms with Crippen LogP contribution in [0.5, 0.6) is 5.88 Å². The smallest absolute Gasteiger partial charge is 0.218 e. The van der Waals surface area contributed by atoms with Gasteiger partial charge in [-0.25, -0.2) is 4.98 Å². The highest BCUT2D eigenvalue weighted by Crippen LogP contribution is 2.14. The number of pyridine rings is 1. The summed E-state index contributed by atoms with van der Waals surface area (Å²) in [6, 6.07) is 14.4. The average molecular weight is 312 g/mol. The molecule has 0 aliphatic heterocycles. The third kappa shape index (κ3) is 4.98. The van der Waals surface area contributed by atoms with Gasteiger partial charge in [0.05, 0.1) is 12.6 Å². The van der Waals surface area contributed by atoms with Crippen LogP contribution in [0.2, 0.25) is 0 Å². The SMILES string of the molecule is CCOc1ncccc1CNC(=NC)NC(C)c1ccccc1. The van der Waals surface area contributed by atoms with Gasteiger partial charge in [-0.1, -0.05) is 36.4 Å². The topological polar surface area (TPSA) is 58.5 Å². The van der Waals surface area contributed by atoms with Crippen LogP contribution in [0.15, 0.2) is 53.7 Å². The van der Waals surface area contributed by atoms with Crippen molar-refractivity contribution in [3.05, 3.63) is 59.8 Å². The van der Waals surface area contributed by atoms with Crippen LogP contribution in [-0.4, -0.2) is 24.6 Å². The summed E-state index contributed by atoms with van der Waals surface area (Å²) in [5.41, 5.74) is 2.22. The predicted molar refractivity (Wildman–Crippen MR) is 93.6 cm³/mol. The number of ether oxygens (including phenoxy) is 1. The van der Waals surface area contributed by atoms with E-state index < -0.39 is 0 Å². The molecule has 122 valence electrons. The molecule has 0 spiro atoms. The fourth-order valence-corrected chi connectivity index (χ4v) is 2.23. The minimum atomic E-state index is 0.169. The molecule has 0 bridgehead atoms. The standard InChI is InChI=1S/C18H24N4O/c1-4-23-17-16(11-8-12-20-17)13-21-18(19-3)22-14(2)15-9-6-5-7-10-15/h5-12,14H,4,13H2,1-3H3,(H2,19,21,22). The molecule has 5 nitrogen and oxygen atoms in total. The highest BCUT2D eigenvalue weighted by Gasteiger charge is 2.09. The number of nitrogens with zero attached hydrogens (tertiary/aromatic N) is 2. The van der Waals surface area contributed by atoms with Crippen LogP contribution in [0.3, 0.4) is 0 Å². The maximum absolute atomic E-state index is 5.54. The third-order valence-corrected chi connectivity index (χ3v) is 3.45. The molecule has 2 aromatic rings. The zero-order valence-corrected chi connectivity index (χ0v) is 13.9. The zero-order valence-electron chi connectivity index (χ0n) is 13.9. The molecule has 0 saturated heterocycles. The molecule has 23 heavy (non-hydrogen) atoms. The maximum atomic E-state index is 5.54. The summed E-state index contributed by atoms with van der Waals surface area (Å²) >= 11 is 0. The number of guanidine groups is 1. The molecule has 0 aliphatic rings. The average Bonchev–Trinajstić information content (AvgIpc) is 2.60. The van der Waals surface area contributed by atoms with E-state index in [1.165, 1.54) is 5.56 Å². The van der Waals surface area contributed by atoms with Crippen molar-refractivity contribution >= 4 is 5.96 Å². The molecule has 0 amide bonds. The lowest BCUT2D eigenvalue weighted by atomic mass is 10.1. The Hall–Kier alpha value is -2.56. The molecule has 0 saturated carbocycles. The van der Waals surface area contributed by atoms with Gasteiger partial charge >= 0.3 is 0 Å². The number of hydrogen-bond donors (Lipinski definition) is 2. The molecule has 1 aromatic heterocycles. The monoisotopic (exact) mass is 312 g/mol. The minimum absolute atomic E-state index is 0.169. The summed E-state index contributed by atoms with van der Waals surface area (Å²) in [4.78, 5) is 8.54. The molecule has 0 fully saturated rings. The highest BCUT2D eigenvalue weighted by atomic mass is 16.5. The second-order valence-corrected chi connectivity index (χ2v) is 5.10. The minimum Gasteiger partial charge on any atom is -0.478 e. The van der Waals surface area contributed by atoms with Crippen molar-refractivity contribution in [3.8, 4) is 5.88 Å². The van der Waals surface area contributed by atoms with Gasteiger partial charge in [-0.05, 0) is 25.5 Å². The second kappa shape index (κ2) is 8.78. The van der Waals surface area contributed by atoms with Gasteiger partial charge in [0, 0.05) is 25.4 Å². The summed E-state index contributed by atoms with van der Waals surface area (Å²) in [5, 5.41) is 6.69. The van der Waals surface area contributed by atoms with Crippen LogP contribution in [0, 0.1) is 0 Å². The van der Waals surface area contributed by atoms with E-state index in [2.05, 4.69) is 39.7 Å². The van der Waals surface area contributed by atoms with Crippen LogP contribution in [-0.2, 0) is 6.54 Å². The zero-order chi connectivity index (χ0) is 16.5. The second-order valence-electron chi connectivity index (χ2n) is 5.10. The summed E-state index contributed by atoms with van der Waals surface area (Å²) < 4.78 is 5.54. The summed E-state index contributed by atoms with van der Waals surface area (Å²) in [5.74, 6) is 1.40. The molecule has 2 rings (SSSR count). The third-order valence-electron chi connectivity index (χ3n) is 3.45. The molecule has 1 unspecified atom stereocenters. The van der Waals surface area contributed by atoms with Crippen molar-refractivity contribution in [3.63, 3.8) is 0 Å². The van der Waals surface area contributed by atoms with Crippen LogP contribution in [0.4, 0.5) is 0 Å². The predicted octanol–water partition coefficient (Wildman–Crippen LogP) is 2.91. The molecule has 0 radical (unpaired) electrons. The Morgan fingerprint density at radius 2 is 2.00 bits per heavy atom. The van der Waals surface area contributed by atoms with Gasteiger partial charge in [0.15, 0.2) is 5.96 Å². The molecule has 1 heterocycles. The fourth-order valence-electron chi connectivity index (χ4n) is 2.23. The van der Waals surface area contributed by atoms with E-state index in [-0.39, 0.29) is 6.04 Å². The molecule has 1 atom stereocenters. The van der Waals surface area contributed by atoms with E-state index in [0.29, 0.717) is 19.0 Å². The van der Waals surface area contributed by atoms with Crippen LogP contribution in [0.1, 0.15) is 31.0 Å². The Labute approximate surface area is 137 Å². The van der Waals surface area contributed by atoms with E-state index in [1.807, 2.05) is 37.3 Å². The van der Waals surface area contributed by atoms with E-state index in [1.54, 1.807) is 13.2 Å². The molecule has 5 heteroatoms. The number of aromatic nitrogens is 1. The van der Waals surface area contributed by atoms with Gasteiger partial charge in [-0.15, -0.1) is 0 Å². The normalized spacial score (nSPS) is 12.6. The Morgan fingerprint density at radius 1 is 1.22 bits per heavy atom. The van der Waals surface area contributed by atoms with Gasteiger partial charge < -0.3 is 15.4 Å². The van der Waals surface area contributed by atoms with Gasteiger partial charge in [-0.3, -0.25) is 4.99 Å². The Morgan fingerprint density at radius 3 is 2.70 bits per heavy atom.